The summed E-state index contributed by atoms with van der Waals surface area (Å²) in [5.41, 5.74) is 16.2. The van der Waals surface area contributed by atoms with E-state index < -0.39 is 5.41 Å². The first-order valence-corrected chi connectivity index (χ1v) is 17.4. The van der Waals surface area contributed by atoms with Crippen LogP contribution in [0.25, 0.3) is 60.5 Å². The average molecular weight is 637 g/mol. The van der Waals surface area contributed by atoms with Crippen LogP contribution in [0.4, 0.5) is 11.4 Å². The Kier molecular flexibility index (Phi) is 5.55. The van der Waals surface area contributed by atoms with Crippen molar-refractivity contribution in [3.8, 4) is 27.9 Å². The summed E-state index contributed by atoms with van der Waals surface area (Å²) < 4.78 is 2.45. The minimum atomic E-state index is -0.456. The van der Waals surface area contributed by atoms with E-state index in [0.717, 1.165) is 0 Å². The Morgan fingerprint density at radius 1 is 0.420 bits per heavy atom. The molecule has 2 nitrogen and oxygen atoms in total. The summed E-state index contributed by atoms with van der Waals surface area (Å²) in [6, 6.07) is 65.3. The number of hydrogen-bond acceptors (Lipinski definition) is 1. The summed E-state index contributed by atoms with van der Waals surface area (Å²) in [6.07, 6.45) is 0. The van der Waals surface area contributed by atoms with E-state index >= 15 is 0 Å². The van der Waals surface area contributed by atoms with Gasteiger partial charge in [-0.3, -0.25) is 0 Å². The topological polar surface area (TPSA) is 8.17 Å². The Morgan fingerprint density at radius 2 is 0.940 bits per heavy atom. The van der Waals surface area contributed by atoms with Crippen LogP contribution in [0.1, 0.15) is 22.3 Å². The van der Waals surface area contributed by atoms with E-state index in [1.165, 1.54) is 94.1 Å². The summed E-state index contributed by atoms with van der Waals surface area (Å²) in [6.45, 7) is 0. The van der Waals surface area contributed by atoms with Gasteiger partial charge in [0.2, 0.25) is 0 Å². The van der Waals surface area contributed by atoms with Crippen molar-refractivity contribution in [2.75, 3.05) is 11.9 Å². The van der Waals surface area contributed by atoms with Gasteiger partial charge >= 0.3 is 0 Å². The van der Waals surface area contributed by atoms with E-state index in [2.05, 4.69) is 192 Å². The number of fused-ring (bicyclic) bond motifs is 14. The molecule has 50 heavy (non-hydrogen) atoms. The zero-order valence-electron chi connectivity index (χ0n) is 27.6. The van der Waals surface area contributed by atoms with Crippen LogP contribution in [-0.2, 0) is 5.41 Å². The van der Waals surface area contributed by atoms with Gasteiger partial charge in [-0.05, 0) is 92.4 Å². The highest BCUT2D eigenvalue weighted by Crippen LogP contribution is 2.63. The van der Waals surface area contributed by atoms with Crippen LogP contribution in [0, 0.1) is 0 Å². The van der Waals surface area contributed by atoms with Gasteiger partial charge in [0, 0.05) is 40.3 Å². The van der Waals surface area contributed by atoms with Gasteiger partial charge in [-0.1, -0.05) is 133 Å². The highest BCUT2D eigenvalue weighted by Gasteiger charge is 2.52. The minimum absolute atomic E-state index is 0.456. The molecule has 2 aliphatic rings. The van der Waals surface area contributed by atoms with Crippen molar-refractivity contribution < 1.29 is 0 Å². The number of rotatable bonds is 3. The fraction of sp³-hybridized carbons (Fsp3) is 0.0417. The second kappa shape index (κ2) is 10.1. The maximum absolute atomic E-state index is 2.49. The molecule has 0 fully saturated rings. The quantitative estimate of drug-likeness (QED) is 0.187. The first kappa shape index (κ1) is 27.6. The Hall–Kier alpha value is -6.38. The molecule has 234 valence electrons. The maximum Gasteiger partial charge on any atom is 0.0727 e. The van der Waals surface area contributed by atoms with Crippen LogP contribution < -0.4 is 4.90 Å². The molecule has 11 rings (SSSR count). The lowest BCUT2D eigenvalue weighted by molar-refractivity contribution is 0.792. The van der Waals surface area contributed by atoms with E-state index in [0.29, 0.717) is 0 Å². The van der Waals surface area contributed by atoms with Gasteiger partial charge in [0.1, 0.15) is 0 Å². The fourth-order valence-corrected chi connectivity index (χ4v) is 9.30. The molecule has 0 saturated carbocycles. The van der Waals surface area contributed by atoms with Crippen molar-refractivity contribution in [3.63, 3.8) is 0 Å². The van der Waals surface area contributed by atoms with E-state index in [1.54, 1.807) is 0 Å². The lowest BCUT2D eigenvalue weighted by Gasteiger charge is -2.32. The van der Waals surface area contributed by atoms with E-state index in [9.17, 15) is 0 Å². The van der Waals surface area contributed by atoms with Gasteiger partial charge in [-0.2, -0.15) is 0 Å². The van der Waals surface area contributed by atoms with Gasteiger partial charge in [-0.15, -0.1) is 0 Å². The zero-order valence-corrected chi connectivity index (χ0v) is 27.6. The van der Waals surface area contributed by atoms with Gasteiger partial charge in [0.15, 0.2) is 0 Å². The normalized spacial score (nSPS) is 13.5. The zero-order chi connectivity index (χ0) is 33.0. The summed E-state index contributed by atoms with van der Waals surface area (Å²) in [4.78, 5) is 2.36. The van der Waals surface area contributed by atoms with Crippen LogP contribution in [-0.4, -0.2) is 11.6 Å². The average Bonchev–Trinajstić information content (AvgIpc) is 3.79. The second-order valence-corrected chi connectivity index (χ2v) is 13.7. The van der Waals surface area contributed by atoms with Gasteiger partial charge < -0.3 is 9.47 Å². The van der Waals surface area contributed by atoms with Crippen molar-refractivity contribution in [1.82, 2.24) is 4.57 Å². The monoisotopic (exact) mass is 636 g/mol. The molecule has 2 aliphatic carbocycles. The molecule has 2 heteroatoms. The smallest absolute Gasteiger partial charge is 0.0727 e. The van der Waals surface area contributed by atoms with Gasteiger partial charge in [0.25, 0.3) is 0 Å². The molecule has 0 unspecified atom stereocenters. The molecule has 1 heterocycles. The minimum Gasteiger partial charge on any atom is -0.344 e. The summed E-state index contributed by atoms with van der Waals surface area (Å²) in [7, 11) is 2.20. The van der Waals surface area contributed by atoms with Crippen LogP contribution in [0.15, 0.2) is 176 Å². The predicted octanol–water partition coefficient (Wildman–Crippen LogP) is 12.0. The molecule has 0 atom stereocenters. The third-order valence-electron chi connectivity index (χ3n) is 11.4. The molecular weight excluding hydrogens is 605 g/mol. The van der Waals surface area contributed by atoms with Crippen molar-refractivity contribution in [1.29, 1.82) is 0 Å². The number of hydrogen-bond donors (Lipinski definition) is 0. The predicted molar refractivity (Wildman–Crippen MR) is 209 cm³/mol. The number of para-hydroxylation sites is 2. The summed E-state index contributed by atoms with van der Waals surface area (Å²) >= 11 is 0. The standard InChI is InChI=1S/C48H32N2/c1-49(45-24-12-14-31-13-2-3-15-34(31)45)32-25-27-37-38-28-26-33(50-46-22-10-6-18-39(46)40-19-7-11-23-47(40)50)30-44(38)48(43(37)29-32)41-20-8-4-16-35(41)36-17-5-9-21-42(36)48/h2-30H,1H3. The van der Waals surface area contributed by atoms with Crippen molar-refractivity contribution in [2.45, 2.75) is 5.41 Å². The first-order chi connectivity index (χ1) is 24.7. The third-order valence-corrected chi connectivity index (χ3v) is 11.4. The molecule has 8 aromatic carbocycles. The highest BCUT2D eigenvalue weighted by atomic mass is 15.1. The maximum atomic E-state index is 2.49. The summed E-state index contributed by atoms with van der Waals surface area (Å²) in [5.74, 6) is 0. The van der Waals surface area contributed by atoms with Crippen LogP contribution in [0.5, 0.6) is 0 Å². The fourth-order valence-electron chi connectivity index (χ4n) is 9.30. The molecule has 0 bridgehead atoms. The highest BCUT2D eigenvalue weighted by molar-refractivity contribution is 6.09. The molecule has 0 saturated heterocycles. The van der Waals surface area contributed by atoms with Crippen molar-refractivity contribution in [3.05, 3.63) is 198 Å². The van der Waals surface area contributed by atoms with E-state index in [4.69, 9.17) is 0 Å². The first-order valence-electron chi connectivity index (χ1n) is 17.4. The lowest BCUT2D eigenvalue weighted by atomic mass is 9.70. The Morgan fingerprint density at radius 3 is 1.64 bits per heavy atom. The SMILES string of the molecule is CN(c1ccc2c(c1)C1(c3ccccc3-c3ccccc31)c1cc(-n3c4ccccc4c4ccccc43)ccc1-2)c1cccc2ccccc12. The number of anilines is 2. The molecule has 0 amide bonds. The van der Waals surface area contributed by atoms with Crippen LogP contribution in [0.2, 0.25) is 0 Å². The number of nitrogens with zero attached hydrogens (tertiary/aromatic N) is 2. The van der Waals surface area contributed by atoms with Crippen LogP contribution in [0.3, 0.4) is 0 Å². The molecule has 1 spiro atoms. The Labute approximate surface area is 291 Å². The lowest BCUT2D eigenvalue weighted by Crippen LogP contribution is -2.26. The second-order valence-electron chi connectivity index (χ2n) is 13.7. The largest absolute Gasteiger partial charge is 0.344 e. The Balaban J connectivity index is 1.21. The van der Waals surface area contributed by atoms with Crippen molar-refractivity contribution >= 4 is 44.0 Å². The molecule has 9 aromatic rings. The molecule has 0 radical (unpaired) electrons. The van der Waals surface area contributed by atoms with Gasteiger partial charge in [-0.25, -0.2) is 0 Å². The molecular formula is C48H32N2. The molecule has 0 aliphatic heterocycles. The van der Waals surface area contributed by atoms with E-state index in [1.807, 2.05) is 0 Å². The summed E-state index contributed by atoms with van der Waals surface area (Å²) in [5, 5.41) is 5.06. The number of benzene rings is 8. The van der Waals surface area contributed by atoms with Gasteiger partial charge in [0.05, 0.1) is 16.4 Å². The Bertz CT molecular complexity index is 2750. The number of aromatic nitrogens is 1. The van der Waals surface area contributed by atoms with Crippen LogP contribution >= 0.6 is 0 Å². The third kappa shape index (κ3) is 3.47. The molecule has 0 N–H and O–H groups in total. The van der Waals surface area contributed by atoms with Crippen molar-refractivity contribution in [2.24, 2.45) is 0 Å². The van der Waals surface area contributed by atoms with E-state index in [-0.39, 0.29) is 0 Å². The molecule has 1 aromatic heterocycles.